The summed E-state index contributed by atoms with van der Waals surface area (Å²) in [5.74, 6) is -0.433. The first kappa shape index (κ1) is 12.6. The van der Waals surface area contributed by atoms with E-state index in [0.717, 1.165) is 13.1 Å². The first-order valence-electron chi connectivity index (χ1n) is 6.64. The number of β-amino-alcohol motifs (C(OH)–C–C–N with tert-alkyl or cyclic N) is 1. The molecule has 19 heavy (non-hydrogen) atoms. The third-order valence-electron chi connectivity index (χ3n) is 4.57. The number of hydrogen-bond donors (Lipinski definition) is 2. The molecule has 104 valence electrons. The predicted octanol–water partition coefficient (Wildman–Crippen LogP) is -0.610. The first-order chi connectivity index (χ1) is 9.06. The number of nitrogens with one attached hydrogen (secondary N) is 1. The summed E-state index contributed by atoms with van der Waals surface area (Å²) in [5.41, 5.74) is 0.417. The van der Waals surface area contributed by atoms with Gasteiger partial charge in [0.2, 0.25) is 5.91 Å². The van der Waals surface area contributed by atoms with Gasteiger partial charge in [0.25, 0.3) is 0 Å². The van der Waals surface area contributed by atoms with Gasteiger partial charge in [-0.05, 0) is 32.9 Å². The van der Waals surface area contributed by atoms with Crippen molar-refractivity contribution in [1.82, 2.24) is 10.2 Å². The Balaban J connectivity index is 1.91. The van der Waals surface area contributed by atoms with Gasteiger partial charge in [0, 0.05) is 0 Å². The molecule has 6 heteroatoms. The lowest BCUT2D eigenvalue weighted by atomic mass is 9.76. The van der Waals surface area contributed by atoms with Gasteiger partial charge in [0.15, 0.2) is 0 Å². The van der Waals surface area contributed by atoms with Crippen molar-refractivity contribution in [2.24, 2.45) is 5.41 Å². The highest BCUT2D eigenvalue weighted by Crippen LogP contribution is 2.42. The molecule has 0 saturated carbocycles. The molecular formula is C13H18N2O4. The van der Waals surface area contributed by atoms with Crippen molar-refractivity contribution in [2.75, 3.05) is 26.2 Å². The van der Waals surface area contributed by atoms with Crippen LogP contribution in [0.4, 0.5) is 0 Å². The Hall–Kier alpha value is -1.40. The van der Waals surface area contributed by atoms with Gasteiger partial charge in [-0.25, -0.2) is 4.79 Å². The van der Waals surface area contributed by atoms with Crippen LogP contribution < -0.4 is 5.32 Å². The smallest absolute Gasteiger partial charge is 0.336 e. The second-order valence-electron chi connectivity index (χ2n) is 5.49. The van der Waals surface area contributed by atoms with Crippen molar-refractivity contribution < 1.29 is 19.4 Å². The summed E-state index contributed by atoms with van der Waals surface area (Å²) < 4.78 is 4.95. The van der Waals surface area contributed by atoms with Crippen LogP contribution in [0, 0.1) is 5.41 Å². The number of amides is 1. The van der Waals surface area contributed by atoms with Crippen molar-refractivity contribution in [3.05, 3.63) is 11.3 Å². The number of ether oxygens (including phenoxy) is 1. The Morgan fingerprint density at radius 3 is 2.63 bits per heavy atom. The molecule has 3 aliphatic heterocycles. The molecule has 0 unspecified atom stereocenters. The molecule has 6 nitrogen and oxygen atoms in total. The minimum absolute atomic E-state index is 0.0610. The molecule has 0 aromatic carbocycles. The molecule has 0 aromatic rings. The number of piperidine rings is 1. The van der Waals surface area contributed by atoms with Gasteiger partial charge in [0.1, 0.15) is 6.61 Å². The average molecular weight is 266 g/mol. The molecule has 3 aliphatic rings. The van der Waals surface area contributed by atoms with Crippen LogP contribution in [0.25, 0.3) is 0 Å². The van der Waals surface area contributed by atoms with E-state index in [2.05, 4.69) is 5.32 Å². The van der Waals surface area contributed by atoms with E-state index in [1.165, 1.54) is 0 Å². The molecule has 2 saturated heterocycles. The Labute approximate surface area is 111 Å². The maximum Gasteiger partial charge on any atom is 0.336 e. The lowest BCUT2D eigenvalue weighted by Crippen LogP contribution is -2.47. The molecule has 1 spiro atoms. The van der Waals surface area contributed by atoms with Crippen LogP contribution in [-0.2, 0) is 14.3 Å². The van der Waals surface area contributed by atoms with Gasteiger partial charge in [-0.1, -0.05) is 0 Å². The summed E-state index contributed by atoms with van der Waals surface area (Å²) in [4.78, 5) is 25.6. The number of aliphatic hydroxyl groups excluding tert-OH is 1. The summed E-state index contributed by atoms with van der Waals surface area (Å²) >= 11 is 0. The predicted molar refractivity (Wildman–Crippen MR) is 65.9 cm³/mol. The van der Waals surface area contributed by atoms with E-state index in [0.29, 0.717) is 24.1 Å². The van der Waals surface area contributed by atoms with Crippen LogP contribution in [0.3, 0.4) is 0 Å². The largest absolute Gasteiger partial charge is 0.456 e. The van der Waals surface area contributed by atoms with E-state index >= 15 is 0 Å². The summed E-state index contributed by atoms with van der Waals surface area (Å²) in [6.45, 7) is 3.55. The molecule has 3 rings (SSSR count). The standard InChI is InChI=1S/C13H18N2O4/c1-8-9(7-19-11(8)17)15-6-10(16)13(12(15)18)2-4-14-5-3-13/h10,14,16H,2-7H2,1H3/t10-/m0/s1. The quantitative estimate of drug-likeness (QED) is 0.619. The summed E-state index contributed by atoms with van der Waals surface area (Å²) in [7, 11) is 0. The minimum atomic E-state index is -0.676. The highest BCUT2D eigenvalue weighted by atomic mass is 16.5. The van der Waals surface area contributed by atoms with Crippen LogP contribution in [0.2, 0.25) is 0 Å². The topological polar surface area (TPSA) is 78.9 Å². The van der Waals surface area contributed by atoms with Crippen molar-refractivity contribution in [2.45, 2.75) is 25.9 Å². The number of aliphatic hydroxyl groups is 1. The maximum atomic E-state index is 12.7. The molecule has 3 heterocycles. The Kier molecular flexibility index (Phi) is 2.87. The second-order valence-corrected chi connectivity index (χ2v) is 5.49. The van der Waals surface area contributed by atoms with E-state index in [1.54, 1.807) is 11.8 Å². The van der Waals surface area contributed by atoms with Crippen molar-refractivity contribution in [1.29, 1.82) is 0 Å². The van der Waals surface area contributed by atoms with Gasteiger partial charge in [-0.15, -0.1) is 0 Å². The van der Waals surface area contributed by atoms with Gasteiger partial charge in [-0.2, -0.15) is 0 Å². The van der Waals surface area contributed by atoms with Gasteiger partial charge >= 0.3 is 5.97 Å². The fraction of sp³-hybridized carbons (Fsp3) is 0.692. The number of nitrogens with zero attached hydrogens (tertiary/aromatic N) is 1. The maximum absolute atomic E-state index is 12.7. The summed E-state index contributed by atoms with van der Waals surface area (Å²) in [6.07, 6.45) is 0.619. The monoisotopic (exact) mass is 266 g/mol. The van der Waals surface area contributed by atoms with Crippen LogP contribution in [0.1, 0.15) is 19.8 Å². The average Bonchev–Trinajstić information content (AvgIpc) is 2.86. The first-order valence-corrected chi connectivity index (χ1v) is 6.64. The van der Waals surface area contributed by atoms with Crippen molar-refractivity contribution in [3.63, 3.8) is 0 Å². The molecular weight excluding hydrogens is 248 g/mol. The normalized spacial score (nSPS) is 30.4. The van der Waals surface area contributed by atoms with E-state index in [4.69, 9.17) is 4.74 Å². The van der Waals surface area contributed by atoms with Crippen LogP contribution >= 0.6 is 0 Å². The number of carbonyl (C=O) groups is 2. The molecule has 1 amide bonds. The van der Waals surface area contributed by atoms with Crippen LogP contribution in [0.5, 0.6) is 0 Å². The fourth-order valence-corrected chi connectivity index (χ4v) is 3.24. The molecule has 2 fully saturated rings. The second kappa shape index (κ2) is 4.31. The minimum Gasteiger partial charge on any atom is -0.456 e. The number of likely N-dealkylation sites (tertiary alicyclic amines) is 1. The fourth-order valence-electron chi connectivity index (χ4n) is 3.24. The zero-order valence-electron chi connectivity index (χ0n) is 10.9. The Morgan fingerprint density at radius 2 is 2.05 bits per heavy atom. The summed E-state index contributed by atoms with van der Waals surface area (Å²) in [6, 6.07) is 0. The summed E-state index contributed by atoms with van der Waals surface area (Å²) in [5, 5.41) is 13.5. The zero-order valence-corrected chi connectivity index (χ0v) is 10.9. The zero-order chi connectivity index (χ0) is 13.6. The SMILES string of the molecule is CC1=C(N2C[C@H](O)C3(CCNCC3)C2=O)COC1=O. The van der Waals surface area contributed by atoms with Gasteiger partial charge < -0.3 is 20.1 Å². The van der Waals surface area contributed by atoms with Crippen molar-refractivity contribution >= 4 is 11.9 Å². The number of esters is 1. The van der Waals surface area contributed by atoms with Crippen LogP contribution in [-0.4, -0.2) is 54.2 Å². The van der Waals surface area contributed by atoms with E-state index in [-0.39, 0.29) is 25.0 Å². The molecule has 0 radical (unpaired) electrons. The number of cyclic esters (lactones) is 1. The number of rotatable bonds is 1. The highest BCUT2D eigenvalue weighted by molar-refractivity contribution is 5.94. The van der Waals surface area contributed by atoms with Gasteiger partial charge in [-0.3, -0.25) is 4.79 Å². The highest BCUT2D eigenvalue weighted by Gasteiger charge is 2.55. The Bertz CT molecular complexity index is 465. The lowest BCUT2D eigenvalue weighted by molar-refractivity contribution is -0.139. The van der Waals surface area contributed by atoms with E-state index < -0.39 is 11.5 Å². The van der Waals surface area contributed by atoms with Crippen LogP contribution in [0.15, 0.2) is 11.3 Å². The Morgan fingerprint density at radius 1 is 1.37 bits per heavy atom. The van der Waals surface area contributed by atoms with E-state index in [1.807, 2.05) is 0 Å². The number of hydrogen-bond acceptors (Lipinski definition) is 5. The third-order valence-corrected chi connectivity index (χ3v) is 4.57. The molecule has 0 aromatic heterocycles. The molecule has 0 aliphatic carbocycles. The molecule has 1 atom stereocenters. The lowest BCUT2D eigenvalue weighted by Gasteiger charge is -2.34. The van der Waals surface area contributed by atoms with Gasteiger partial charge in [0.05, 0.1) is 29.3 Å². The molecule has 0 bridgehead atoms. The van der Waals surface area contributed by atoms with E-state index in [9.17, 15) is 14.7 Å². The van der Waals surface area contributed by atoms with Crippen molar-refractivity contribution in [3.8, 4) is 0 Å². The third kappa shape index (κ3) is 1.70. The number of carbonyl (C=O) groups excluding carboxylic acids is 2. The molecule has 2 N–H and O–H groups in total.